The van der Waals surface area contributed by atoms with E-state index in [0.717, 1.165) is 4.90 Å². The van der Waals surface area contributed by atoms with Crippen LogP contribution < -0.4 is 0 Å². The molecule has 7 nitrogen and oxygen atoms in total. The monoisotopic (exact) mass is 295 g/mol. The van der Waals surface area contributed by atoms with Crippen LogP contribution in [0.5, 0.6) is 0 Å². The molecule has 0 bridgehead atoms. The summed E-state index contributed by atoms with van der Waals surface area (Å²) < 4.78 is 0. The number of amides is 3. The summed E-state index contributed by atoms with van der Waals surface area (Å²) in [6, 6.07) is 0. The lowest BCUT2D eigenvalue weighted by molar-refractivity contribution is -0.146. The number of rotatable bonds is 4. The van der Waals surface area contributed by atoms with Gasteiger partial charge in [-0.3, -0.25) is 19.3 Å². The van der Waals surface area contributed by atoms with E-state index < -0.39 is 5.92 Å². The van der Waals surface area contributed by atoms with Gasteiger partial charge in [-0.15, -0.1) is 0 Å². The van der Waals surface area contributed by atoms with Crippen LogP contribution in [0.15, 0.2) is 5.16 Å². The van der Waals surface area contributed by atoms with Gasteiger partial charge < -0.3 is 10.1 Å². The Hall–Kier alpha value is -1.92. The van der Waals surface area contributed by atoms with Gasteiger partial charge in [0, 0.05) is 19.5 Å². The third-order valence-corrected chi connectivity index (χ3v) is 4.40. The fraction of sp³-hybridized carbons (Fsp3) is 0.714. The molecule has 0 aromatic carbocycles. The van der Waals surface area contributed by atoms with Crippen molar-refractivity contribution in [2.45, 2.75) is 33.1 Å². The Balaban J connectivity index is 2.10. The van der Waals surface area contributed by atoms with E-state index in [9.17, 15) is 14.4 Å². The molecular formula is C14H21N3O4. The smallest absolute Gasteiger partial charge is 0.242 e. The molecule has 7 heteroatoms. The Morgan fingerprint density at radius 1 is 1.29 bits per heavy atom. The molecule has 1 saturated heterocycles. The van der Waals surface area contributed by atoms with Crippen LogP contribution in [0.1, 0.15) is 33.1 Å². The summed E-state index contributed by atoms with van der Waals surface area (Å²) in [4.78, 5) is 39.4. The Morgan fingerprint density at radius 3 is 2.48 bits per heavy atom. The van der Waals surface area contributed by atoms with Crippen molar-refractivity contribution in [3.05, 3.63) is 0 Å². The molecule has 0 aromatic heterocycles. The van der Waals surface area contributed by atoms with Gasteiger partial charge in [0.25, 0.3) is 0 Å². The van der Waals surface area contributed by atoms with Crippen molar-refractivity contribution in [3.63, 3.8) is 0 Å². The highest BCUT2D eigenvalue weighted by atomic mass is 16.4. The van der Waals surface area contributed by atoms with E-state index in [1.165, 1.54) is 0 Å². The Kier molecular flexibility index (Phi) is 4.59. The molecule has 0 spiro atoms. The van der Waals surface area contributed by atoms with Crippen LogP contribution in [0, 0.1) is 11.8 Å². The second-order valence-corrected chi connectivity index (χ2v) is 5.45. The van der Waals surface area contributed by atoms with Crippen LogP contribution in [-0.2, 0) is 14.4 Å². The van der Waals surface area contributed by atoms with Gasteiger partial charge >= 0.3 is 0 Å². The molecule has 21 heavy (non-hydrogen) atoms. The second-order valence-electron chi connectivity index (χ2n) is 5.45. The van der Waals surface area contributed by atoms with Crippen LogP contribution >= 0.6 is 0 Å². The normalized spacial score (nSPS) is 27.1. The number of oxime groups is 1. The topological polar surface area (TPSA) is 90.3 Å². The summed E-state index contributed by atoms with van der Waals surface area (Å²) in [6.45, 7) is 4.65. The van der Waals surface area contributed by atoms with Gasteiger partial charge in [0.05, 0.1) is 17.5 Å². The van der Waals surface area contributed by atoms with E-state index in [0.29, 0.717) is 38.1 Å². The van der Waals surface area contributed by atoms with Gasteiger partial charge in [0.1, 0.15) is 6.54 Å². The molecule has 1 saturated carbocycles. The van der Waals surface area contributed by atoms with E-state index in [4.69, 9.17) is 5.21 Å². The summed E-state index contributed by atoms with van der Waals surface area (Å²) in [7, 11) is 0. The number of carbonyl (C=O) groups is 3. The zero-order chi connectivity index (χ0) is 15.6. The molecule has 2 fully saturated rings. The van der Waals surface area contributed by atoms with Crippen LogP contribution in [0.3, 0.4) is 0 Å². The van der Waals surface area contributed by atoms with E-state index in [1.54, 1.807) is 4.90 Å². The largest absolute Gasteiger partial charge is 0.411 e. The maximum Gasteiger partial charge on any atom is 0.242 e. The van der Waals surface area contributed by atoms with Crippen LogP contribution in [-0.4, -0.2) is 58.1 Å². The summed E-state index contributed by atoms with van der Waals surface area (Å²) in [5.74, 6) is -1.63. The van der Waals surface area contributed by atoms with Crippen molar-refractivity contribution in [1.29, 1.82) is 0 Å². The van der Waals surface area contributed by atoms with Gasteiger partial charge in [-0.25, -0.2) is 0 Å². The molecule has 2 aliphatic rings. The Bertz CT molecular complexity index is 485. The maximum atomic E-state index is 12.3. The summed E-state index contributed by atoms with van der Waals surface area (Å²) in [6.07, 6.45) is 1.33. The zero-order valence-electron chi connectivity index (χ0n) is 12.4. The van der Waals surface area contributed by atoms with Crippen molar-refractivity contribution < 1.29 is 19.6 Å². The molecule has 1 aliphatic carbocycles. The summed E-state index contributed by atoms with van der Waals surface area (Å²) >= 11 is 0. The highest BCUT2D eigenvalue weighted by Gasteiger charge is 2.50. The average molecular weight is 295 g/mol. The number of nitrogens with zero attached hydrogens (tertiary/aromatic N) is 3. The average Bonchev–Trinajstić information content (AvgIpc) is 2.73. The molecular weight excluding hydrogens is 274 g/mol. The third-order valence-electron chi connectivity index (χ3n) is 4.40. The minimum Gasteiger partial charge on any atom is -0.411 e. The summed E-state index contributed by atoms with van der Waals surface area (Å²) in [5, 5.41) is 12.0. The van der Waals surface area contributed by atoms with Crippen LogP contribution in [0.25, 0.3) is 0 Å². The number of hydrogen-bond acceptors (Lipinski definition) is 5. The molecule has 1 heterocycles. The number of hydrogen-bond donors (Lipinski definition) is 1. The van der Waals surface area contributed by atoms with Crippen molar-refractivity contribution in [2.75, 3.05) is 19.6 Å². The Labute approximate surface area is 123 Å². The molecule has 2 atom stereocenters. The molecule has 0 aromatic rings. The lowest BCUT2D eigenvalue weighted by atomic mass is 9.80. The molecule has 0 radical (unpaired) electrons. The van der Waals surface area contributed by atoms with Gasteiger partial charge in [-0.2, -0.15) is 0 Å². The first-order chi connectivity index (χ1) is 10.0. The predicted molar refractivity (Wildman–Crippen MR) is 74.7 cm³/mol. The number of fused-ring (bicyclic) bond motifs is 1. The van der Waals surface area contributed by atoms with E-state index in [1.807, 2.05) is 13.8 Å². The third kappa shape index (κ3) is 2.77. The lowest BCUT2D eigenvalue weighted by Crippen LogP contribution is -2.43. The van der Waals surface area contributed by atoms with Crippen molar-refractivity contribution >= 4 is 23.4 Å². The van der Waals surface area contributed by atoms with Gasteiger partial charge in [0.2, 0.25) is 17.7 Å². The molecule has 116 valence electrons. The minimum absolute atomic E-state index is 0.183. The summed E-state index contributed by atoms with van der Waals surface area (Å²) in [5.41, 5.74) is 0.550. The standard InChI is InChI=1S/C14H21N3O4/c1-3-16(4-2)12(18)8-17-13(19)10-6-5-9(15-21)7-11(10)14(17)20/h10-11,21H,3-8H2,1-2H3/b15-9+/t10-,11-/m0/s1. The maximum absolute atomic E-state index is 12.3. The molecule has 3 amide bonds. The molecule has 1 aliphatic heterocycles. The fourth-order valence-electron chi connectivity index (χ4n) is 3.14. The molecule has 2 rings (SSSR count). The number of imide groups is 1. The van der Waals surface area contributed by atoms with Gasteiger partial charge in [-0.1, -0.05) is 5.16 Å². The number of likely N-dealkylation sites (N-methyl/N-ethyl adjacent to an activating group) is 1. The lowest BCUT2D eigenvalue weighted by Gasteiger charge is -2.22. The van der Waals surface area contributed by atoms with Crippen LogP contribution in [0.4, 0.5) is 0 Å². The second kappa shape index (κ2) is 6.24. The van der Waals surface area contributed by atoms with Crippen LogP contribution in [0.2, 0.25) is 0 Å². The first-order valence-electron chi connectivity index (χ1n) is 7.36. The molecule has 1 N–H and O–H groups in total. The Morgan fingerprint density at radius 2 is 1.90 bits per heavy atom. The highest BCUT2D eigenvalue weighted by molar-refractivity contribution is 6.09. The fourth-order valence-corrected chi connectivity index (χ4v) is 3.14. The van der Waals surface area contributed by atoms with Crippen molar-refractivity contribution in [2.24, 2.45) is 17.0 Å². The van der Waals surface area contributed by atoms with E-state index >= 15 is 0 Å². The highest BCUT2D eigenvalue weighted by Crippen LogP contribution is 2.37. The van der Waals surface area contributed by atoms with E-state index in [2.05, 4.69) is 5.16 Å². The first kappa shape index (κ1) is 15.5. The quantitative estimate of drug-likeness (QED) is 0.464. The van der Waals surface area contributed by atoms with Crippen molar-refractivity contribution in [1.82, 2.24) is 9.80 Å². The van der Waals surface area contributed by atoms with Gasteiger partial charge in [0.15, 0.2) is 0 Å². The van der Waals surface area contributed by atoms with Gasteiger partial charge in [-0.05, 0) is 26.7 Å². The number of carbonyl (C=O) groups excluding carboxylic acids is 3. The van der Waals surface area contributed by atoms with E-state index in [-0.39, 0.29) is 30.2 Å². The first-order valence-corrected chi connectivity index (χ1v) is 7.36. The minimum atomic E-state index is -0.471. The SMILES string of the molecule is CCN(CC)C(=O)CN1C(=O)[C@H]2CC/C(=N\O)C[C@@H]2C1=O. The van der Waals surface area contributed by atoms with Crippen molar-refractivity contribution in [3.8, 4) is 0 Å². The molecule has 0 unspecified atom stereocenters. The zero-order valence-corrected chi connectivity index (χ0v) is 12.4. The predicted octanol–water partition coefficient (Wildman–Crippen LogP) is 0.470. The number of likely N-dealkylation sites (tertiary alicyclic amines) is 1.